The summed E-state index contributed by atoms with van der Waals surface area (Å²) in [6, 6.07) is 0.0219. The number of carbonyl (C=O) groups excluding carboxylic acids is 1. The maximum Gasteiger partial charge on any atom is 0.227 e. The van der Waals surface area contributed by atoms with E-state index in [4.69, 9.17) is 10.8 Å². The van der Waals surface area contributed by atoms with Gasteiger partial charge in [-0.2, -0.15) is 0 Å². The Morgan fingerprint density at radius 2 is 2.31 bits per heavy atom. The molecule has 76 valence electrons. The number of rotatable bonds is 3. The third kappa shape index (κ3) is 2.42. The lowest BCUT2D eigenvalue weighted by atomic mass is 10.0. The van der Waals surface area contributed by atoms with E-state index in [1.54, 1.807) is 11.9 Å². The van der Waals surface area contributed by atoms with Gasteiger partial charge in [-0.15, -0.1) is 0 Å². The minimum atomic E-state index is -0.0171. The van der Waals surface area contributed by atoms with Gasteiger partial charge in [0, 0.05) is 19.6 Å². The lowest BCUT2D eigenvalue weighted by molar-refractivity contribution is -0.134. The number of nitrogens with zero attached hydrogens (tertiary/aromatic N) is 1. The number of aliphatic hydroxyl groups excluding tert-OH is 1. The molecule has 0 aliphatic heterocycles. The fourth-order valence-corrected chi connectivity index (χ4v) is 1.84. The third-order valence-electron chi connectivity index (χ3n) is 2.70. The molecule has 0 aromatic rings. The van der Waals surface area contributed by atoms with E-state index < -0.39 is 0 Å². The first-order chi connectivity index (χ1) is 6.16. The molecule has 0 aromatic heterocycles. The normalized spacial score (nSPS) is 27.6. The molecule has 0 spiro atoms. The number of aliphatic hydroxyl groups is 1. The molecule has 1 fully saturated rings. The second-order valence-corrected chi connectivity index (χ2v) is 3.68. The number of hydrogen-bond acceptors (Lipinski definition) is 3. The minimum Gasteiger partial charge on any atom is -0.395 e. The second-order valence-electron chi connectivity index (χ2n) is 3.68. The summed E-state index contributed by atoms with van der Waals surface area (Å²) in [5.41, 5.74) is 5.80. The molecule has 4 heteroatoms. The number of hydrogen-bond donors (Lipinski definition) is 2. The quantitative estimate of drug-likeness (QED) is 0.628. The van der Waals surface area contributed by atoms with Crippen molar-refractivity contribution in [1.82, 2.24) is 4.90 Å². The van der Waals surface area contributed by atoms with Crippen LogP contribution in [0.2, 0.25) is 0 Å². The SMILES string of the molecule is CN(CCO)C(=O)C1CCCC1N. The maximum absolute atomic E-state index is 11.7. The van der Waals surface area contributed by atoms with Crippen LogP contribution in [0.5, 0.6) is 0 Å². The van der Waals surface area contributed by atoms with Crippen molar-refractivity contribution in [2.75, 3.05) is 20.2 Å². The first-order valence-electron chi connectivity index (χ1n) is 4.78. The van der Waals surface area contributed by atoms with Gasteiger partial charge in [-0.1, -0.05) is 6.42 Å². The summed E-state index contributed by atoms with van der Waals surface area (Å²) in [5, 5.41) is 8.67. The largest absolute Gasteiger partial charge is 0.395 e. The second kappa shape index (κ2) is 4.58. The van der Waals surface area contributed by atoms with Crippen LogP contribution in [0.4, 0.5) is 0 Å². The van der Waals surface area contributed by atoms with Crippen molar-refractivity contribution in [1.29, 1.82) is 0 Å². The molecule has 1 amide bonds. The summed E-state index contributed by atoms with van der Waals surface area (Å²) in [6.45, 7) is 0.423. The van der Waals surface area contributed by atoms with Crippen LogP contribution in [0.15, 0.2) is 0 Å². The Hall–Kier alpha value is -0.610. The van der Waals surface area contributed by atoms with Crippen LogP contribution in [0.25, 0.3) is 0 Å². The summed E-state index contributed by atoms with van der Waals surface area (Å²) >= 11 is 0. The Morgan fingerprint density at radius 1 is 1.62 bits per heavy atom. The molecular weight excluding hydrogens is 168 g/mol. The molecular formula is C9H18N2O2. The highest BCUT2D eigenvalue weighted by molar-refractivity contribution is 5.79. The van der Waals surface area contributed by atoms with Crippen LogP contribution in [0.1, 0.15) is 19.3 Å². The Balaban J connectivity index is 2.46. The number of amides is 1. The first-order valence-corrected chi connectivity index (χ1v) is 4.78. The van der Waals surface area contributed by atoms with Gasteiger partial charge in [0.05, 0.1) is 12.5 Å². The summed E-state index contributed by atoms with van der Waals surface area (Å²) in [5.74, 6) is 0.0654. The van der Waals surface area contributed by atoms with E-state index in [-0.39, 0.29) is 24.5 Å². The van der Waals surface area contributed by atoms with Crippen LogP contribution >= 0.6 is 0 Å². The van der Waals surface area contributed by atoms with Gasteiger partial charge in [0.25, 0.3) is 0 Å². The van der Waals surface area contributed by atoms with Crippen molar-refractivity contribution in [3.05, 3.63) is 0 Å². The van der Waals surface area contributed by atoms with Gasteiger partial charge in [-0.05, 0) is 12.8 Å². The van der Waals surface area contributed by atoms with E-state index in [1.165, 1.54) is 0 Å². The van der Waals surface area contributed by atoms with Gasteiger partial charge in [0.15, 0.2) is 0 Å². The molecule has 1 aliphatic rings. The fraction of sp³-hybridized carbons (Fsp3) is 0.889. The number of nitrogens with two attached hydrogens (primary N) is 1. The van der Waals surface area contributed by atoms with E-state index in [9.17, 15) is 4.79 Å². The van der Waals surface area contributed by atoms with Crippen molar-refractivity contribution < 1.29 is 9.90 Å². The molecule has 1 aliphatic carbocycles. The van der Waals surface area contributed by atoms with E-state index in [0.29, 0.717) is 6.54 Å². The molecule has 0 bridgehead atoms. The number of carbonyl (C=O) groups is 1. The van der Waals surface area contributed by atoms with Crippen LogP contribution in [-0.2, 0) is 4.79 Å². The van der Waals surface area contributed by atoms with Gasteiger partial charge in [-0.25, -0.2) is 0 Å². The van der Waals surface area contributed by atoms with Crippen LogP contribution < -0.4 is 5.73 Å². The van der Waals surface area contributed by atoms with Crippen molar-refractivity contribution >= 4 is 5.91 Å². The Kier molecular flexibility index (Phi) is 3.69. The zero-order valence-corrected chi connectivity index (χ0v) is 8.07. The number of likely N-dealkylation sites (N-methyl/N-ethyl adjacent to an activating group) is 1. The highest BCUT2D eigenvalue weighted by Gasteiger charge is 2.31. The average Bonchev–Trinajstić information content (AvgIpc) is 2.50. The summed E-state index contributed by atoms with van der Waals surface area (Å²) in [7, 11) is 1.71. The highest BCUT2D eigenvalue weighted by atomic mass is 16.3. The van der Waals surface area contributed by atoms with E-state index in [1.807, 2.05) is 0 Å². The predicted molar refractivity (Wildman–Crippen MR) is 50.0 cm³/mol. The van der Waals surface area contributed by atoms with Gasteiger partial charge >= 0.3 is 0 Å². The van der Waals surface area contributed by atoms with Crippen LogP contribution in [-0.4, -0.2) is 42.2 Å². The van der Waals surface area contributed by atoms with Crippen molar-refractivity contribution in [2.45, 2.75) is 25.3 Å². The Bertz CT molecular complexity index is 184. The minimum absolute atomic E-state index is 0.0171. The third-order valence-corrected chi connectivity index (χ3v) is 2.70. The zero-order valence-electron chi connectivity index (χ0n) is 8.07. The standard InChI is InChI=1S/C9H18N2O2/c1-11(5-6-12)9(13)7-3-2-4-8(7)10/h7-8,12H,2-6,10H2,1H3. The maximum atomic E-state index is 11.7. The molecule has 4 nitrogen and oxygen atoms in total. The first kappa shape index (κ1) is 10.5. The fourth-order valence-electron chi connectivity index (χ4n) is 1.84. The van der Waals surface area contributed by atoms with E-state index >= 15 is 0 Å². The Labute approximate surface area is 78.7 Å². The van der Waals surface area contributed by atoms with Gasteiger partial charge in [0.1, 0.15) is 0 Å². The van der Waals surface area contributed by atoms with Gasteiger partial charge < -0.3 is 15.7 Å². The molecule has 0 aromatic carbocycles. The average molecular weight is 186 g/mol. The lowest BCUT2D eigenvalue weighted by Crippen LogP contribution is -2.40. The smallest absolute Gasteiger partial charge is 0.227 e. The molecule has 3 N–H and O–H groups in total. The molecule has 0 saturated heterocycles. The predicted octanol–water partition coefficient (Wildman–Crippen LogP) is -0.435. The zero-order chi connectivity index (χ0) is 9.84. The monoisotopic (exact) mass is 186 g/mol. The van der Waals surface area contributed by atoms with Crippen LogP contribution in [0, 0.1) is 5.92 Å². The highest BCUT2D eigenvalue weighted by Crippen LogP contribution is 2.25. The summed E-state index contributed by atoms with van der Waals surface area (Å²) in [4.78, 5) is 13.2. The van der Waals surface area contributed by atoms with Gasteiger partial charge in [-0.3, -0.25) is 4.79 Å². The molecule has 0 heterocycles. The molecule has 2 unspecified atom stereocenters. The topological polar surface area (TPSA) is 66.6 Å². The molecule has 13 heavy (non-hydrogen) atoms. The molecule has 0 radical (unpaired) electrons. The summed E-state index contributed by atoms with van der Waals surface area (Å²) in [6.07, 6.45) is 2.89. The van der Waals surface area contributed by atoms with Gasteiger partial charge in [0.2, 0.25) is 5.91 Å². The molecule has 1 saturated carbocycles. The van der Waals surface area contributed by atoms with Crippen molar-refractivity contribution in [2.24, 2.45) is 11.7 Å². The molecule has 2 atom stereocenters. The van der Waals surface area contributed by atoms with Crippen molar-refractivity contribution in [3.63, 3.8) is 0 Å². The summed E-state index contributed by atoms with van der Waals surface area (Å²) < 4.78 is 0. The van der Waals surface area contributed by atoms with E-state index in [2.05, 4.69) is 0 Å². The molecule has 1 rings (SSSR count). The Morgan fingerprint density at radius 3 is 2.77 bits per heavy atom. The van der Waals surface area contributed by atoms with Crippen LogP contribution in [0.3, 0.4) is 0 Å². The van der Waals surface area contributed by atoms with Crippen molar-refractivity contribution in [3.8, 4) is 0 Å². The van der Waals surface area contributed by atoms with E-state index in [0.717, 1.165) is 19.3 Å². The lowest BCUT2D eigenvalue weighted by Gasteiger charge is -2.22.